The van der Waals surface area contributed by atoms with Gasteiger partial charge in [0.15, 0.2) is 0 Å². The predicted octanol–water partition coefficient (Wildman–Crippen LogP) is 3.29. The number of nitrogens with zero attached hydrogens (tertiary/aromatic N) is 1. The van der Waals surface area contributed by atoms with Crippen molar-refractivity contribution in [2.45, 2.75) is 11.3 Å². The van der Waals surface area contributed by atoms with Crippen LogP contribution in [0.3, 0.4) is 0 Å². The van der Waals surface area contributed by atoms with E-state index in [4.69, 9.17) is 21.6 Å². The van der Waals surface area contributed by atoms with E-state index in [0.29, 0.717) is 11.4 Å². The van der Waals surface area contributed by atoms with Gasteiger partial charge in [-0.1, -0.05) is 0 Å². The first-order chi connectivity index (χ1) is 7.31. The highest BCUT2D eigenvalue weighted by atomic mass is 35.5. The summed E-state index contributed by atoms with van der Waals surface area (Å²) in [7, 11) is 1.62. The fourth-order valence-electron chi connectivity index (χ4n) is 1.08. The second-order valence-corrected chi connectivity index (χ2v) is 4.38. The Morgan fingerprint density at radius 1 is 1.53 bits per heavy atom. The molecule has 0 atom stereocenters. The molecule has 0 N–H and O–H groups in total. The lowest BCUT2D eigenvalue weighted by Crippen LogP contribution is -1.88. The Labute approximate surface area is 99.2 Å². The van der Waals surface area contributed by atoms with Gasteiger partial charge >= 0.3 is 0 Å². The molecule has 0 bridgehead atoms. The van der Waals surface area contributed by atoms with Gasteiger partial charge in [-0.3, -0.25) is 0 Å². The van der Waals surface area contributed by atoms with Crippen LogP contribution in [0.4, 0.5) is 0 Å². The van der Waals surface area contributed by atoms with Crippen molar-refractivity contribution < 1.29 is 4.74 Å². The fraction of sp³-hybridized carbons (Fsp3) is 0.364. The third-order valence-corrected chi connectivity index (χ3v) is 3.25. The highest BCUT2D eigenvalue weighted by Crippen LogP contribution is 2.27. The summed E-state index contributed by atoms with van der Waals surface area (Å²) in [5, 5.41) is 8.91. The lowest BCUT2D eigenvalue weighted by molar-refractivity contribution is 0.413. The topological polar surface area (TPSA) is 33.0 Å². The van der Waals surface area contributed by atoms with Gasteiger partial charge in [0.05, 0.1) is 12.7 Å². The molecule has 0 aromatic heterocycles. The number of hydrogen-bond acceptors (Lipinski definition) is 3. The van der Waals surface area contributed by atoms with E-state index in [0.717, 1.165) is 22.8 Å². The normalized spacial score (nSPS) is 9.67. The van der Waals surface area contributed by atoms with Gasteiger partial charge in [-0.05, 0) is 30.4 Å². The smallest absolute Gasteiger partial charge is 0.120 e. The molecule has 1 aromatic rings. The molecule has 4 heteroatoms. The Balaban J connectivity index is 2.78. The Kier molecular flexibility index (Phi) is 5.38. The van der Waals surface area contributed by atoms with Crippen LogP contribution in [-0.2, 0) is 0 Å². The van der Waals surface area contributed by atoms with Crippen molar-refractivity contribution in [2.75, 3.05) is 18.7 Å². The average molecular weight is 242 g/mol. The summed E-state index contributed by atoms with van der Waals surface area (Å²) >= 11 is 7.24. The molecule has 2 nitrogen and oxygen atoms in total. The average Bonchev–Trinajstić information content (AvgIpc) is 2.29. The van der Waals surface area contributed by atoms with Crippen LogP contribution < -0.4 is 4.74 Å². The quantitative estimate of drug-likeness (QED) is 0.451. The van der Waals surface area contributed by atoms with Gasteiger partial charge in [0.25, 0.3) is 0 Å². The molecule has 15 heavy (non-hydrogen) atoms. The molecule has 0 spiro atoms. The Morgan fingerprint density at radius 3 is 2.93 bits per heavy atom. The maximum Gasteiger partial charge on any atom is 0.120 e. The summed E-state index contributed by atoms with van der Waals surface area (Å²) in [6.07, 6.45) is 0.939. The molecule has 0 saturated heterocycles. The first-order valence-corrected chi connectivity index (χ1v) is 6.10. The zero-order valence-corrected chi connectivity index (χ0v) is 10.1. The van der Waals surface area contributed by atoms with E-state index >= 15 is 0 Å². The van der Waals surface area contributed by atoms with Crippen LogP contribution in [0.1, 0.15) is 12.0 Å². The van der Waals surface area contributed by atoms with Crippen molar-refractivity contribution in [1.82, 2.24) is 0 Å². The van der Waals surface area contributed by atoms with Crippen LogP contribution in [0.15, 0.2) is 23.1 Å². The SMILES string of the molecule is COc1ccc(C#N)c(SCCCCl)c1. The Bertz CT molecular complexity index is 362. The lowest BCUT2D eigenvalue weighted by Gasteiger charge is -2.05. The Hall–Kier alpha value is -0.850. The monoisotopic (exact) mass is 241 g/mol. The largest absolute Gasteiger partial charge is 0.497 e. The number of ether oxygens (including phenoxy) is 1. The van der Waals surface area contributed by atoms with Crippen LogP contribution in [-0.4, -0.2) is 18.7 Å². The lowest BCUT2D eigenvalue weighted by atomic mass is 10.2. The molecule has 1 rings (SSSR count). The fourth-order valence-corrected chi connectivity index (χ4v) is 2.35. The van der Waals surface area contributed by atoms with Crippen molar-refractivity contribution in [3.8, 4) is 11.8 Å². The summed E-state index contributed by atoms with van der Waals surface area (Å²) in [5.74, 6) is 2.35. The van der Waals surface area contributed by atoms with Crippen molar-refractivity contribution in [3.63, 3.8) is 0 Å². The zero-order valence-electron chi connectivity index (χ0n) is 8.50. The van der Waals surface area contributed by atoms with Gasteiger partial charge in [0.2, 0.25) is 0 Å². The minimum Gasteiger partial charge on any atom is -0.497 e. The summed E-state index contributed by atoms with van der Waals surface area (Å²) in [5.41, 5.74) is 0.690. The third-order valence-electron chi connectivity index (χ3n) is 1.84. The molecule has 0 amide bonds. The van der Waals surface area contributed by atoms with Gasteiger partial charge < -0.3 is 4.74 Å². The van der Waals surface area contributed by atoms with E-state index in [2.05, 4.69) is 6.07 Å². The molecule has 0 aliphatic carbocycles. The first-order valence-electron chi connectivity index (χ1n) is 4.58. The molecule has 0 aliphatic rings. The summed E-state index contributed by atoms with van der Waals surface area (Å²) in [6.45, 7) is 0. The molecular formula is C11H12ClNOS. The number of hydrogen-bond donors (Lipinski definition) is 0. The second kappa shape index (κ2) is 6.60. The van der Waals surface area contributed by atoms with Crippen molar-refractivity contribution in [1.29, 1.82) is 5.26 Å². The van der Waals surface area contributed by atoms with E-state index in [1.807, 2.05) is 6.07 Å². The second-order valence-electron chi connectivity index (χ2n) is 2.86. The van der Waals surface area contributed by atoms with E-state index in [1.54, 1.807) is 31.0 Å². The summed E-state index contributed by atoms with van der Waals surface area (Å²) < 4.78 is 5.11. The predicted molar refractivity (Wildman–Crippen MR) is 63.8 cm³/mol. The van der Waals surface area contributed by atoms with Crippen molar-refractivity contribution >= 4 is 23.4 Å². The number of nitriles is 1. The number of rotatable bonds is 5. The third kappa shape index (κ3) is 3.65. The van der Waals surface area contributed by atoms with Crippen LogP contribution in [0, 0.1) is 11.3 Å². The van der Waals surface area contributed by atoms with Crippen molar-refractivity contribution in [3.05, 3.63) is 23.8 Å². The van der Waals surface area contributed by atoms with Gasteiger partial charge in [0.1, 0.15) is 11.8 Å². The van der Waals surface area contributed by atoms with Crippen LogP contribution in [0.25, 0.3) is 0 Å². The van der Waals surface area contributed by atoms with E-state index in [1.165, 1.54) is 0 Å². The van der Waals surface area contributed by atoms with Crippen LogP contribution >= 0.6 is 23.4 Å². The summed E-state index contributed by atoms with van der Waals surface area (Å²) in [4.78, 5) is 0.960. The first kappa shape index (κ1) is 12.2. The maximum absolute atomic E-state index is 8.91. The highest BCUT2D eigenvalue weighted by molar-refractivity contribution is 7.99. The number of benzene rings is 1. The Morgan fingerprint density at radius 2 is 2.33 bits per heavy atom. The van der Waals surface area contributed by atoms with E-state index in [9.17, 15) is 0 Å². The zero-order chi connectivity index (χ0) is 11.1. The summed E-state index contributed by atoms with van der Waals surface area (Å²) in [6, 6.07) is 7.63. The molecule has 0 fully saturated rings. The van der Waals surface area contributed by atoms with E-state index < -0.39 is 0 Å². The molecular weight excluding hydrogens is 230 g/mol. The standard InChI is InChI=1S/C11H12ClNOS/c1-14-10-4-3-9(8-13)11(7-10)15-6-2-5-12/h3-4,7H,2,5-6H2,1H3. The number of alkyl halides is 1. The van der Waals surface area contributed by atoms with E-state index in [-0.39, 0.29) is 0 Å². The number of methoxy groups -OCH3 is 1. The number of halogens is 1. The van der Waals surface area contributed by atoms with Crippen molar-refractivity contribution in [2.24, 2.45) is 0 Å². The number of thioether (sulfide) groups is 1. The van der Waals surface area contributed by atoms with Gasteiger partial charge in [-0.15, -0.1) is 23.4 Å². The molecule has 0 unspecified atom stereocenters. The minimum absolute atomic E-state index is 0.652. The molecule has 0 radical (unpaired) electrons. The van der Waals surface area contributed by atoms with Gasteiger partial charge in [0, 0.05) is 10.8 Å². The van der Waals surface area contributed by atoms with Gasteiger partial charge in [-0.2, -0.15) is 5.26 Å². The molecule has 80 valence electrons. The highest BCUT2D eigenvalue weighted by Gasteiger charge is 2.04. The minimum atomic E-state index is 0.652. The molecule has 0 saturated carbocycles. The maximum atomic E-state index is 8.91. The van der Waals surface area contributed by atoms with Crippen LogP contribution in [0.2, 0.25) is 0 Å². The van der Waals surface area contributed by atoms with Gasteiger partial charge in [-0.25, -0.2) is 0 Å². The van der Waals surface area contributed by atoms with Crippen LogP contribution in [0.5, 0.6) is 5.75 Å². The molecule has 1 aromatic carbocycles. The molecule has 0 heterocycles. The molecule has 0 aliphatic heterocycles.